The molecular weight excluding hydrogens is 271 g/mol. The molecule has 0 atom stereocenters. The van der Waals surface area contributed by atoms with E-state index in [1.54, 1.807) is 32.0 Å². The minimum absolute atomic E-state index is 0.0590. The standard InChI is InChI=1S/C17H13FO3/c1-9-14(19)8-7-12-16(20)15(10(2)21-17(9)12)11-5-3-4-6-13(11)18/h3-8,19H,1-2H3. The maximum atomic E-state index is 14.0. The third-order valence-corrected chi connectivity index (χ3v) is 3.60. The molecular formula is C17H13FO3. The van der Waals surface area contributed by atoms with E-state index in [2.05, 4.69) is 0 Å². The second-order valence-electron chi connectivity index (χ2n) is 4.93. The number of aryl methyl sites for hydroxylation is 2. The van der Waals surface area contributed by atoms with Gasteiger partial charge in [-0.05, 0) is 32.0 Å². The summed E-state index contributed by atoms with van der Waals surface area (Å²) >= 11 is 0. The zero-order chi connectivity index (χ0) is 15.1. The van der Waals surface area contributed by atoms with Crippen molar-refractivity contribution in [1.82, 2.24) is 0 Å². The van der Waals surface area contributed by atoms with E-state index in [1.165, 1.54) is 18.2 Å². The molecule has 21 heavy (non-hydrogen) atoms. The highest BCUT2D eigenvalue weighted by atomic mass is 19.1. The molecule has 1 heterocycles. The van der Waals surface area contributed by atoms with E-state index in [0.29, 0.717) is 22.3 Å². The first-order valence-corrected chi connectivity index (χ1v) is 6.51. The Morgan fingerprint density at radius 3 is 2.52 bits per heavy atom. The molecule has 0 bridgehead atoms. The molecule has 0 aliphatic rings. The maximum absolute atomic E-state index is 14.0. The summed E-state index contributed by atoms with van der Waals surface area (Å²) in [4.78, 5) is 12.7. The highest BCUT2D eigenvalue weighted by molar-refractivity contribution is 5.86. The number of aromatic hydroxyl groups is 1. The Bertz CT molecular complexity index is 910. The van der Waals surface area contributed by atoms with Crippen molar-refractivity contribution in [3.8, 4) is 16.9 Å². The molecule has 1 N–H and O–H groups in total. The Morgan fingerprint density at radius 1 is 1.10 bits per heavy atom. The summed E-state index contributed by atoms with van der Waals surface area (Å²) in [5, 5.41) is 10.0. The molecule has 0 unspecified atom stereocenters. The lowest BCUT2D eigenvalue weighted by atomic mass is 10.0. The van der Waals surface area contributed by atoms with E-state index >= 15 is 0 Å². The molecule has 0 fully saturated rings. The van der Waals surface area contributed by atoms with Crippen LogP contribution in [-0.2, 0) is 0 Å². The van der Waals surface area contributed by atoms with Crippen molar-refractivity contribution in [1.29, 1.82) is 0 Å². The van der Waals surface area contributed by atoms with Crippen molar-refractivity contribution in [3.63, 3.8) is 0 Å². The van der Waals surface area contributed by atoms with Gasteiger partial charge in [-0.15, -0.1) is 0 Å². The largest absolute Gasteiger partial charge is 0.508 e. The maximum Gasteiger partial charge on any atom is 0.200 e. The van der Waals surface area contributed by atoms with Crippen LogP contribution in [0, 0.1) is 19.7 Å². The second kappa shape index (κ2) is 4.74. The van der Waals surface area contributed by atoms with Gasteiger partial charge in [-0.2, -0.15) is 0 Å². The molecule has 0 radical (unpaired) electrons. The van der Waals surface area contributed by atoms with E-state index in [9.17, 15) is 14.3 Å². The molecule has 0 saturated carbocycles. The summed E-state index contributed by atoms with van der Waals surface area (Å²) in [5.41, 5.74) is 0.953. The van der Waals surface area contributed by atoms with Gasteiger partial charge in [0, 0.05) is 11.1 Å². The fourth-order valence-corrected chi connectivity index (χ4v) is 2.47. The fraction of sp³-hybridized carbons (Fsp3) is 0.118. The van der Waals surface area contributed by atoms with Crippen molar-refractivity contribution in [3.05, 3.63) is 63.8 Å². The van der Waals surface area contributed by atoms with Crippen molar-refractivity contribution in [2.75, 3.05) is 0 Å². The quantitative estimate of drug-likeness (QED) is 0.736. The van der Waals surface area contributed by atoms with Gasteiger partial charge in [0.15, 0.2) is 0 Å². The van der Waals surface area contributed by atoms with Gasteiger partial charge >= 0.3 is 0 Å². The van der Waals surface area contributed by atoms with E-state index in [-0.39, 0.29) is 22.3 Å². The average Bonchev–Trinajstić information content (AvgIpc) is 2.45. The third-order valence-electron chi connectivity index (χ3n) is 3.60. The van der Waals surface area contributed by atoms with Gasteiger partial charge in [-0.1, -0.05) is 18.2 Å². The van der Waals surface area contributed by atoms with Crippen LogP contribution in [0.25, 0.3) is 22.1 Å². The number of phenolic OH excluding ortho intramolecular Hbond substituents is 1. The number of fused-ring (bicyclic) bond motifs is 1. The molecule has 0 saturated heterocycles. The van der Waals surface area contributed by atoms with E-state index in [1.807, 2.05) is 0 Å². The predicted molar refractivity (Wildman–Crippen MR) is 79.0 cm³/mol. The molecule has 0 amide bonds. The van der Waals surface area contributed by atoms with Crippen LogP contribution in [0.15, 0.2) is 45.6 Å². The number of rotatable bonds is 1. The fourth-order valence-electron chi connectivity index (χ4n) is 2.47. The number of hydrogen-bond acceptors (Lipinski definition) is 3. The Balaban J connectivity index is 2.45. The Hall–Kier alpha value is -2.62. The van der Waals surface area contributed by atoms with E-state index in [4.69, 9.17) is 4.42 Å². The summed E-state index contributed by atoms with van der Waals surface area (Å²) < 4.78 is 19.6. The third kappa shape index (κ3) is 2.00. The first kappa shape index (κ1) is 13.4. The van der Waals surface area contributed by atoms with Crippen LogP contribution in [0.3, 0.4) is 0 Å². The molecule has 0 spiro atoms. The zero-order valence-electron chi connectivity index (χ0n) is 11.6. The minimum Gasteiger partial charge on any atom is -0.508 e. The number of hydrogen-bond donors (Lipinski definition) is 1. The number of halogens is 1. The van der Waals surface area contributed by atoms with Crippen LogP contribution < -0.4 is 5.43 Å². The Kier molecular flexibility index (Phi) is 3.01. The van der Waals surface area contributed by atoms with E-state index in [0.717, 1.165) is 0 Å². The molecule has 106 valence electrons. The van der Waals surface area contributed by atoms with E-state index < -0.39 is 5.82 Å². The SMILES string of the molecule is Cc1oc2c(C)c(O)ccc2c(=O)c1-c1ccccc1F. The molecule has 3 rings (SSSR count). The molecule has 0 aliphatic heterocycles. The van der Waals surface area contributed by atoms with Gasteiger partial charge in [0.2, 0.25) is 5.43 Å². The van der Waals surface area contributed by atoms with Gasteiger partial charge in [-0.25, -0.2) is 4.39 Å². The molecule has 1 aromatic heterocycles. The molecule has 0 aliphatic carbocycles. The zero-order valence-corrected chi connectivity index (χ0v) is 11.6. The number of benzene rings is 2. The van der Waals surface area contributed by atoms with Crippen LogP contribution in [0.4, 0.5) is 4.39 Å². The van der Waals surface area contributed by atoms with Crippen LogP contribution in [0.5, 0.6) is 5.75 Å². The minimum atomic E-state index is -0.470. The lowest BCUT2D eigenvalue weighted by molar-refractivity contribution is 0.468. The smallest absolute Gasteiger partial charge is 0.200 e. The van der Waals surface area contributed by atoms with Crippen molar-refractivity contribution >= 4 is 11.0 Å². The Morgan fingerprint density at radius 2 is 1.81 bits per heavy atom. The van der Waals surface area contributed by atoms with Gasteiger partial charge in [0.05, 0.1) is 10.9 Å². The highest BCUT2D eigenvalue weighted by Crippen LogP contribution is 2.30. The van der Waals surface area contributed by atoms with Crippen LogP contribution in [-0.4, -0.2) is 5.11 Å². The van der Waals surface area contributed by atoms with Crippen LogP contribution in [0.2, 0.25) is 0 Å². The van der Waals surface area contributed by atoms with Gasteiger partial charge in [0.25, 0.3) is 0 Å². The molecule has 2 aromatic carbocycles. The first-order valence-electron chi connectivity index (χ1n) is 6.51. The lowest BCUT2D eigenvalue weighted by Gasteiger charge is -2.10. The normalized spacial score (nSPS) is 11.0. The first-order chi connectivity index (χ1) is 10.0. The second-order valence-corrected chi connectivity index (χ2v) is 4.93. The highest BCUT2D eigenvalue weighted by Gasteiger charge is 2.18. The Labute approximate surface area is 120 Å². The van der Waals surface area contributed by atoms with Crippen molar-refractivity contribution in [2.24, 2.45) is 0 Å². The summed E-state index contributed by atoms with van der Waals surface area (Å²) in [6.07, 6.45) is 0. The van der Waals surface area contributed by atoms with Gasteiger partial charge < -0.3 is 9.52 Å². The van der Waals surface area contributed by atoms with Gasteiger partial charge in [0.1, 0.15) is 22.9 Å². The summed E-state index contributed by atoms with van der Waals surface area (Å²) in [6.45, 7) is 3.29. The van der Waals surface area contributed by atoms with Crippen molar-refractivity contribution in [2.45, 2.75) is 13.8 Å². The van der Waals surface area contributed by atoms with Crippen LogP contribution in [0.1, 0.15) is 11.3 Å². The summed E-state index contributed by atoms with van der Waals surface area (Å²) in [5.74, 6) is -0.0854. The predicted octanol–water partition coefficient (Wildman–Crippen LogP) is 3.92. The van der Waals surface area contributed by atoms with Crippen LogP contribution >= 0.6 is 0 Å². The monoisotopic (exact) mass is 284 g/mol. The number of phenols is 1. The summed E-state index contributed by atoms with van der Waals surface area (Å²) in [6, 6.07) is 9.03. The topological polar surface area (TPSA) is 50.4 Å². The lowest BCUT2D eigenvalue weighted by Crippen LogP contribution is -2.09. The molecule has 3 nitrogen and oxygen atoms in total. The summed E-state index contributed by atoms with van der Waals surface area (Å²) in [7, 11) is 0. The van der Waals surface area contributed by atoms with Gasteiger partial charge in [-0.3, -0.25) is 4.79 Å². The average molecular weight is 284 g/mol. The van der Waals surface area contributed by atoms with Crippen molar-refractivity contribution < 1.29 is 13.9 Å². The molecule has 3 aromatic rings. The molecule has 4 heteroatoms.